The molecule has 0 aromatic carbocycles. The molecule has 4 nitrogen and oxygen atoms in total. The molecule has 2 saturated heterocycles. The van der Waals surface area contributed by atoms with Gasteiger partial charge in [0.1, 0.15) is 0 Å². The molecule has 1 aliphatic carbocycles. The van der Waals surface area contributed by atoms with E-state index in [0.717, 1.165) is 45.4 Å². The van der Waals surface area contributed by atoms with Crippen LogP contribution in [-0.2, 0) is 4.79 Å². The summed E-state index contributed by atoms with van der Waals surface area (Å²) >= 11 is 0. The molecule has 2 aliphatic heterocycles. The summed E-state index contributed by atoms with van der Waals surface area (Å²) in [6.45, 7) is 4.05. The van der Waals surface area contributed by atoms with E-state index in [9.17, 15) is 9.90 Å². The normalized spacial score (nSPS) is 34.6. The summed E-state index contributed by atoms with van der Waals surface area (Å²) in [7, 11) is 0. The van der Waals surface area contributed by atoms with Gasteiger partial charge in [-0.25, -0.2) is 0 Å². The van der Waals surface area contributed by atoms with Crippen LogP contribution in [0, 0.1) is 17.3 Å². The molecule has 102 valence electrons. The summed E-state index contributed by atoms with van der Waals surface area (Å²) < 4.78 is 0. The van der Waals surface area contributed by atoms with Crippen LogP contribution in [0.4, 0.5) is 0 Å². The Hall–Kier alpha value is -0.610. The van der Waals surface area contributed by atoms with Crippen LogP contribution in [0.5, 0.6) is 0 Å². The lowest BCUT2D eigenvalue weighted by Crippen LogP contribution is -2.43. The minimum atomic E-state index is 0.226. The molecule has 3 rings (SSSR count). The molecule has 1 amide bonds. The molecule has 0 radical (unpaired) electrons. The van der Waals surface area contributed by atoms with Crippen LogP contribution in [0.2, 0.25) is 0 Å². The zero-order chi connectivity index (χ0) is 12.6. The number of nitrogens with one attached hydrogen (secondary N) is 1. The fourth-order valence-corrected chi connectivity index (χ4v) is 3.81. The van der Waals surface area contributed by atoms with E-state index < -0.39 is 0 Å². The lowest BCUT2D eigenvalue weighted by atomic mass is 9.91. The van der Waals surface area contributed by atoms with Gasteiger partial charge in [-0.1, -0.05) is 0 Å². The molecule has 2 unspecified atom stereocenters. The number of likely N-dealkylation sites (tertiary alicyclic amines) is 1. The van der Waals surface area contributed by atoms with Crippen molar-refractivity contribution in [1.29, 1.82) is 0 Å². The van der Waals surface area contributed by atoms with Crippen molar-refractivity contribution in [3.8, 4) is 0 Å². The Kier molecular flexibility index (Phi) is 3.32. The first kappa shape index (κ1) is 12.4. The average Bonchev–Trinajstić information content (AvgIpc) is 3.12. The summed E-state index contributed by atoms with van der Waals surface area (Å²) in [5, 5.41) is 12.6. The van der Waals surface area contributed by atoms with E-state index >= 15 is 0 Å². The fraction of sp³-hybridized carbons (Fsp3) is 0.929. The first-order chi connectivity index (χ1) is 8.75. The number of nitrogens with zero attached hydrogens (tertiary/aromatic N) is 1. The van der Waals surface area contributed by atoms with Crippen molar-refractivity contribution >= 4 is 5.91 Å². The van der Waals surface area contributed by atoms with Crippen LogP contribution in [0.25, 0.3) is 0 Å². The van der Waals surface area contributed by atoms with Gasteiger partial charge in [-0.3, -0.25) is 4.79 Å². The number of rotatable bonds is 2. The SMILES string of the molecule is O=C(C1CC12CCNCC2)N1CCCC(CO)C1. The van der Waals surface area contributed by atoms with E-state index in [1.165, 1.54) is 12.8 Å². The molecule has 2 heterocycles. The Labute approximate surface area is 109 Å². The van der Waals surface area contributed by atoms with Crippen molar-refractivity contribution in [1.82, 2.24) is 10.2 Å². The number of hydrogen-bond acceptors (Lipinski definition) is 3. The van der Waals surface area contributed by atoms with Gasteiger partial charge < -0.3 is 15.3 Å². The van der Waals surface area contributed by atoms with Crippen LogP contribution >= 0.6 is 0 Å². The number of amides is 1. The van der Waals surface area contributed by atoms with Gasteiger partial charge in [0.05, 0.1) is 0 Å². The van der Waals surface area contributed by atoms with Gasteiger partial charge in [0, 0.05) is 25.6 Å². The highest BCUT2D eigenvalue weighted by molar-refractivity contribution is 5.82. The first-order valence-electron chi connectivity index (χ1n) is 7.35. The second-order valence-electron chi connectivity index (χ2n) is 6.34. The molecule has 4 heteroatoms. The maximum atomic E-state index is 12.5. The lowest BCUT2D eigenvalue weighted by Gasteiger charge is -2.33. The second kappa shape index (κ2) is 4.82. The van der Waals surface area contributed by atoms with Crippen molar-refractivity contribution in [3.05, 3.63) is 0 Å². The minimum absolute atomic E-state index is 0.226. The number of hydrogen-bond donors (Lipinski definition) is 2. The van der Waals surface area contributed by atoms with Crippen LogP contribution < -0.4 is 5.32 Å². The number of carbonyl (C=O) groups excluding carboxylic acids is 1. The smallest absolute Gasteiger partial charge is 0.226 e. The third kappa shape index (κ3) is 2.16. The highest BCUT2D eigenvalue weighted by Crippen LogP contribution is 2.59. The molecule has 1 spiro atoms. The third-order valence-electron chi connectivity index (χ3n) is 5.18. The van der Waals surface area contributed by atoms with Crippen LogP contribution in [0.3, 0.4) is 0 Å². The highest BCUT2D eigenvalue weighted by Gasteiger charge is 2.58. The van der Waals surface area contributed by atoms with Crippen molar-refractivity contribution in [2.45, 2.75) is 32.1 Å². The van der Waals surface area contributed by atoms with Gasteiger partial charge in [0.25, 0.3) is 0 Å². The predicted octanol–water partition coefficient (Wildman–Crippen LogP) is 0.607. The Morgan fingerprint density at radius 1 is 1.39 bits per heavy atom. The number of piperidine rings is 2. The van der Waals surface area contributed by atoms with E-state index in [4.69, 9.17) is 0 Å². The van der Waals surface area contributed by atoms with E-state index in [2.05, 4.69) is 5.32 Å². The molecule has 1 saturated carbocycles. The van der Waals surface area contributed by atoms with Crippen molar-refractivity contribution < 1.29 is 9.90 Å². The molecule has 3 fully saturated rings. The van der Waals surface area contributed by atoms with Crippen LogP contribution in [0.15, 0.2) is 0 Å². The molecular formula is C14H24N2O2. The number of carbonyl (C=O) groups is 1. The van der Waals surface area contributed by atoms with Gasteiger partial charge in [-0.15, -0.1) is 0 Å². The number of aliphatic hydroxyl groups is 1. The van der Waals surface area contributed by atoms with Gasteiger partial charge >= 0.3 is 0 Å². The molecule has 0 bridgehead atoms. The standard InChI is InChI=1S/C14H24N2O2/c17-10-11-2-1-7-16(9-11)13(18)12-8-14(12)3-5-15-6-4-14/h11-12,15,17H,1-10H2. The molecule has 0 aromatic heterocycles. The molecule has 0 aromatic rings. The summed E-state index contributed by atoms with van der Waals surface area (Å²) in [6, 6.07) is 0. The van der Waals surface area contributed by atoms with Gasteiger partial charge in [-0.2, -0.15) is 0 Å². The predicted molar refractivity (Wildman–Crippen MR) is 69.0 cm³/mol. The van der Waals surface area contributed by atoms with Gasteiger partial charge in [0.15, 0.2) is 0 Å². The molecule has 2 atom stereocenters. The Bertz CT molecular complexity index is 322. The summed E-state index contributed by atoms with van der Waals surface area (Å²) in [6.07, 6.45) is 5.56. The summed E-state index contributed by atoms with van der Waals surface area (Å²) in [4.78, 5) is 14.5. The Balaban J connectivity index is 1.58. The average molecular weight is 252 g/mol. The lowest BCUT2D eigenvalue weighted by molar-refractivity contribution is -0.135. The zero-order valence-electron chi connectivity index (χ0n) is 11.0. The maximum absolute atomic E-state index is 12.5. The molecule has 3 aliphatic rings. The van der Waals surface area contributed by atoms with Crippen molar-refractivity contribution in [2.24, 2.45) is 17.3 Å². The van der Waals surface area contributed by atoms with Gasteiger partial charge in [-0.05, 0) is 56.5 Å². The molecule has 18 heavy (non-hydrogen) atoms. The molecular weight excluding hydrogens is 228 g/mol. The third-order valence-corrected chi connectivity index (χ3v) is 5.18. The maximum Gasteiger partial charge on any atom is 0.226 e. The van der Waals surface area contributed by atoms with E-state index in [0.29, 0.717) is 17.2 Å². The van der Waals surface area contributed by atoms with E-state index in [-0.39, 0.29) is 12.5 Å². The second-order valence-corrected chi connectivity index (χ2v) is 6.34. The zero-order valence-corrected chi connectivity index (χ0v) is 11.0. The molecule has 2 N–H and O–H groups in total. The fourth-order valence-electron chi connectivity index (χ4n) is 3.81. The largest absolute Gasteiger partial charge is 0.396 e. The minimum Gasteiger partial charge on any atom is -0.396 e. The summed E-state index contributed by atoms with van der Waals surface area (Å²) in [5.41, 5.74) is 0.342. The van der Waals surface area contributed by atoms with Crippen molar-refractivity contribution in [2.75, 3.05) is 32.8 Å². The Morgan fingerprint density at radius 3 is 2.89 bits per heavy atom. The van der Waals surface area contributed by atoms with Crippen molar-refractivity contribution in [3.63, 3.8) is 0 Å². The Morgan fingerprint density at radius 2 is 2.17 bits per heavy atom. The van der Waals surface area contributed by atoms with E-state index in [1.54, 1.807) is 0 Å². The highest BCUT2D eigenvalue weighted by atomic mass is 16.3. The topological polar surface area (TPSA) is 52.6 Å². The summed E-state index contributed by atoms with van der Waals surface area (Å²) in [5.74, 6) is 0.970. The van der Waals surface area contributed by atoms with E-state index in [1.807, 2.05) is 4.90 Å². The first-order valence-corrected chi connectivity index (χ1v) is 7.35. The quantitative estimate of drug-likeness (QED) is 0.757. The van der Waals surface area contributed by atoms with Crippen LogP contribution in [-0.4, -0.2) is 48.7 Å². The van der Waals surface area contributed by atoms with Crippen LogP contribution in [0.1, 0.15) is 32.1 Å². The monoisotopic (exact) mass is 252 g/mol. The van der Waals surface area contributed by atoms with Gasteiger partial charge in [0.2, 0.25) is 5.91 Å². The number of aliphatic hydroxyl groups excluding tert-OH is 1.